The van der Waals surface area contributed by atoms with E-state index < -0.39 is 36.7 Å². The van der Waals surface area contributed by atoms with E-state index in [1.807, 2.05) is 54.6 Å². The summed E-state index contributed by atoms with van der Waals surface area (Å²) >= 11 is 0. The molecule has 2 aliphatic rings. The summed E-state index contributed by atoms with van der Waals surface area (Å²) < 4.78 is 71.1. The first kappa shape index (κ1) is 40.5. The van der Waals surface area contributed by atoms with E-state index in [1.54, 1.807) is 6.92 Å². The summed E-state index contributed by atoms with van der Waals surface area (Å²) in [5.74, 6) is -2.95. The summed E-state index contributed by atoms with van der Waals surface area (Å²) in [6.07, 6.45) is -3.80. The van der Waals surface area contributed by atoms with Crippen LogP contribution in [-0.4, -0.2) is 87.5 Å². The normalized spacial score (nSPS) is 13.0. The van der Waals surface area contributed by atoms with Crippen LogP contribution >= 0.6 is 0 Å². The zero-order valence-electron chi connectivity index (χ0n) is 30.0. The number of halogens is 3. The summed E-state index contributed by atoms with van der Waals surface area (Å²) in [7, 11) is 2.84. The summed E-state index contributed by atoms with van der Waals surface area (Å²) in [6.45, 7) is 1.09. The van der Waals surface area contributed by atoms with E-state index >= 15 is 0 Å². The minimum absolute atomic E-state index is 0.0146. The first-order valence-corrected chi connectivity index (χ1v) is 16.6. The Morgan fingerprint density at radius 3 is 1.88 bits per heavy atom. The first-order chi connectivity index (χ1) is 26.9. The summed E-state index contributed by atoms with van der Waals surface area (Å²) in [5.41, 5.74) is 3.43. The Morgan fingerprint density at radius 1 is 0.839 bits per heavy atom. The van der Waals surface area contributed by atoms with Gasteiger partial charge in [-0.15, -0.1) is 0 Å². The average molecular weight is 785 g/mol. The molecule has 0 radical (unpaired) electrons. The molecule has 1 amide bonds. The number of fused-ring (bicyclic) bond motifs is 2. The van der Waals surface area contributed by atoms with Crippen molar-refractivity contribution in [3.63, 3.8) is 0 Å². The van der Waals surface area contributed by atoms with Gasteiger partial charge in [-0.1, -0.05) is 59.8 Å². The van der Waals surface area contributed by atoms with Gasteiger partial charge in [0.05, 0.1) is 50.8 Å². The molecule has 2 aliphatic heterocycles. The van der Waals surface area contributed by atoms with Gasteiger partial charge in [0.1, 0.15) is 6.61 Å². The van der Waals surface area contributed by atoms with Crippen LogP contribution in [0.5, 0.6) is 34.5 Å². The third-order valence-corrected chi connectivity index (χ3v) is 8.01. The van der Waals surface area contributed by atoms with Crippen molar-refractivity contribution < 1.29 is 75.8 Å². The molecule has 4 aromatic rings. The lowest BCUT2D eigenvalue weighted by molar-refractivity contribution is -0.192. The standard InChI is InChI=1S/C36H34N2O11.C2HF3O2/c1-4-44-36(41)26-15-28(43-3)32-34(48-20-46-32)30(26)29-25(14-27(42-2)31-33(29)47-19-45-31)35(40)38-24(17-39)16-37-49-18-21-10-12-23(13-11-21)22-8-6-5-7-9-22;3-2(4,5)1(6)7/h5-16,24,39H,4,17-20H2,1-3H3,(H,38,40);(H,6,7)/b37-16+;. The largest absolute Gasteiger partial charge is 0.493 e. The molecule has 1 unspecified atom stereocenters. The van der Waals surface area contributed by atoms with Crippen LogP contribution in [-0.2, 0) is 21.0 Å². The second-order valence-electron chi connectivity index (χ2n) is 11.5. The molecule has 0 saturated heterocycles. The highest BCUT2D eigenvalue weighted by atomic mass is 19.4. The SMILES string of the molecule is CCOC(=O)c1cc(OC)c2c(c1-c1c(C(=O)NC(/C=N/OCc3ccc(-c4ccccc4)cc3)CO)cc(OC)c3c1OCO3)OCO2.O=C(O)C(F)(F)F. The summed E-state index contributed by atoms with van der Waals surface area (Å²) in [5, 5.41) is 24.0. The third kappa shape index (κ3) is 9.15. The summed E-state index contributed by atoms with van der Waals surface area (Å²) in [6, 6.07) is 19.8. The Kier molecular flexibility index (Phi) is 13.1. The molecule has 1 atom stereocenters. The number of aliphatic hydroxyl groups is 1. The van der Waals surface area contributed by atoms with Gasteiger partial charge in [-0.25, -0.2) is 9.59 Å². The van der Waals surface area contributed by atoms with Crippen molar-refractivity contribution in [3.8, 4) is 56.8 Å². The molecule has 0 aromatic heterocycles. The van der Waals surface area contributed by atoms with Crippen LogP contribution in [0.1, 0.15) is 33.2 Å². The minimum Gasteiger partial charge on any atom is -0.493 e. The average Bonchev–Trinajstić information content (AvgIpc) is 3.90. The maximum atomic E-state index is 14.0. The highest BCUT2D eigenvalue weighted by Gasteiger charge is 2.39. The van der Waals surface area contributed by atoms with Crippen LogP contribution in [0.25, 0.3) is 22.3 Å². The van der Waals surface area contributed by atoms with Gasteiger partial charge in [0.2, 0.25) is 25.1 Å². The van der Waals surface area contributed by atoms with Crippen molar-refractivity contribution in [2.24, 2.45) is 5.16 Å². The smallest absolute Gasteiger partial charge is 0.490 e. The fourth-order valence-corrected chi connectivity index (χ4v) is 5.45. The number of esters is 1. The Hall–Kier alpha value is -6.69. The molecule has 15 nitrogen and oxygen atoms in total. The van der Waals surface area contributed by atoms with Crippen molar-refractivity contribution >= 4 is 24.1 Å². The number of aliphatic hydroxyl groups excluding tert-OH is 1. The molecule has 0 fully saturated rings. The number of nitrogens with one attached hydrogen (secondary N) is 1. The zero-order chi connectivity index (χ0) is 40.4. The van der Waals surface area contributed by atoms with E-state index in [9.17, 15) is 27.9 Å². The molecule has 0 bridgehead atoms. The molecule has 6 rings (SSSR count). The lowest BCUT2D eigenvalue weighted by Crippen LogP contribution is -2.39. The minimum atomic E-state index is -5.08. The molecular formula is C38H35F3N2O13. The van der Waals surface area contributed by atoms with E-state index in [0.717, 1.165) is 16.7 Å². The second-order valence-corrected chi connectivity index (χ2v) is 11.5. The third-order valence-electron chi connectivity index (χ3n) is 8.01. The predicted octanol–water partition coefficient (Wildman–Crippen LogP) is 5.60. The van der Waals surface area contributed by atoms with Crippen molar-refractivity contribution in [2.75, 3.05) is 41.0 Å². The highest BCUT2D eigenvalue weighted by Crippen LogP contribution is 2.56. The van der Waals surface area contributed by atoms with Gasteiger partial charge in [-0.05, 0) is 35.7 Å². The summed E-state index contributed by atoms with van der Waals surface area (Å²) in [4.78, 5) is 41.7. The van der Waals surface area contributed by atoms with Crippen molar-refractivity contribution in [1.82, 2.24) is 5.32 Å². The van der Waals surface area contributed by atoms with Crippen LogP contribution in [0.4, 0.5) is 13.2 Å². The van der Waals surface area contributed by atoms with Gasteiger partial charge in [-0.3, -0.25) is 4.79 Å². The molecule has 0 aliphatic carbocycles. The monoisotopic (exact) mass is 784 g/mol. The Labute approximate surface area is 317 Å². The number of amides is 1. The number of aliphatic carboxylic acids is 1. The number of carboxylic acid groups (broad SMARTS) is 1. The molecule has 4 aromatic carbocycles. The van der Waals surface area contributed by atoms with Gasteiger partial charge in [-0.2, -0.15) is 13.2 Å². The number of rotatable bonds is 13. The number of methoxy groups -OCH3 is 2. The Morgan fingerprint density at radius 2 is 1.36 bits per heavy atom. The number of nitrogens with zero attached hydrogens (tertiary/aromatic N) is 1. The van der Waals surface area contributed by atoms with Crippen LogP contribution in [0.2, 0.25) is 0 Å². The van der Waals surface area contributed by atoms with Crippen LogP contribution < -0.4 is 33.7 Å². The van der Waals surface area contributed by atoms with E-state index in [1.165, 1.54) is 32.6 Å². The maximum Gasteiger partial charge on any atom is 0.490 e. The van der Waals surface area contributed by atoms with Crippen LogP contribution in [0.15, 0.2) is 71.9 Å². The van der Waals surface area contributed by atoms with Gasteiger partial charge in [0, 0.05) is 11.1 Å². The number of benzene rings is 4. The fraction of sp³-hybridized carbons (Fsp3) is 0.263. The number of carboxylic acids is 1. The Balaban J connectivity index is 0.000000784. The molecule has 18 heteroatoms. The van der Waals surface area contributed by atoms with Gasteiger partial charge >= 0.3 is 18.1 Å². The molecule has 56 heavy (non-hydrogen) atoms. The van der Waals surface area contributed by atoms with E-state index in [4.69, 9.17) is 47.9 Å². The molecule has 3 N–H and O–H groups in total. The lowest BCUT2D eigenvalue weighted by Gasteiger charge is -2.20. The quantitative estimate of drug-likeness (QED) is 0.0864. The Bertz CT molecular complexity index is 2070. The number of hydrogen-bond donors (Lipinski definition) is 3. The topological polar surface area (TPSA) is 190 Å². The first-order valence-electron chi connectivity index (χ1n) is 16.6. The zero-order valence-corrected chi connectivity index (χ0v) is 30.0. The molecule has 2 heterocycles. The number of oxime groups is 1. The number of alkyl halides is 3. The van der Waals surface area contributed by atoms with E-state index in [2.05, 4.69) is 10.5 Å². The number of carbonyl (C=O) groups is 3. The second kappa shape index (κ2) is 18.1. The maximum absolute atomic E-state index is 14.0. The molecule has 0 saturated carbocycles. The number of carbonyl (C=O) groups excluding carboxylic acids is 2. The number of ether oxygens (including phenoxy) is 7. The lowest BCUT2D eigenvalue weighted by atomic mass is 9.91. The van der Waals surface area contributed by atoms with Crippen molar-refractivity contribution in [1.29, 1.82) is 0 Å². The van der Waals surface area contributed by atoms with Gasteiger partial charge in [0.15, 0.2) is 23.0 Å². The molecule has 296 valence electrons. The van der Waals surface area contributed by atoms with E-state index in [-0.39, 0.29) is 83.6 Å². The fourth-order valence-electron chi connectivity index (χ4n) is 5.45. The predicted molar refractivity (Wildman–Crippen MR) is 190 cm³/mol. The van der Waals surface area contributed by atoms with Crippen molar-refractivity contribution in [3.05, 3.63) is 83.4 Å². The van der Waals surface area contributed by atoms with Crippen LogP contribution in [0.3, 0.4) is 0 Å². The number of hydrogen-bond acceptors (Lipinski definition) is 13. The van der Waals surface area contributed by atoms with E-state index in [0.29, 0.717) is 0 Å². The van der Waals surface area contributed by atoms with Gasteiger partial charge in [0.25, 0.3) is 5.91 Å². The molecule has 0 spiro atoms. The van der Waals surface area contributed by atoms with Crippen LogP contribution in [0, 0.1) is 0 Å². The van der Waals surface area contributed by atoms with Gasteiger partial charge < -0.3 is 53.5 Å². The molecular weight excluding hydrogens is 749 g/mol. The van der Waals surface area contributed by atoms with Crippen molar-refractivity contribution in [2.45, 2.75) is 25.7 Å². The highest BCUT2D eigenvalue weighted by molar-refractivity contribution is 6.10.